The number of carbonyl (C=O) groups excluding carboxylic acids is 1. The van der Waals surface area contributed by atoms with Gasteiger partial charge in [-0.25, -0.2) is 0 Å². The maximum atomic E-state index is 12.4. The molecule has 1 amide bonds. The molecule has 0 atom stereocenters. The summed E-state index contributed by atoms with van der Waals surface area (Å²) in [5.74, 6) is 1.49. The zero-order chi connectivity index (χ0) is 17.2. The molecule has 24 heavy (non-hydrogen) atoms. The average molecular weight is 325 g/mol. The lowest BCUT2D eigenvalue weighted by molar-refractivity contribution is -0.122. The van der Waals surface area contributed by atoms with Crippen molar-refractivity contribution in [3.63, 3.8) is 0 Å². The zero-order valence-electron chi connectivity index (χ0n) is 14.4. The molecule has 1 heterocycles. The molecule has 4 heteroatoms. The van der Waals surface area contributed by atoms with E-state index in [0.29, 0.717) is 19.6 Å². The maximum Gasteiger partial charge on any atom is 0.225 e. The van der Waals surface area contributed by atoms with E-state index in [1.54, 1.807) is 0 Å². The second-order valence-electron chi connectivity index (χ2n) is 6.69. The van der Waals surface area contributed by atoms with Crippen LogP contribution in [0.4, 0.5) is 0 Å². The molecular formula is C20H23NO3. The Hall–Kier alpha value is -2.49. The molecule has 3 rings (SSSR count). The minimum Gasteiger partial charge on any atom is -0.486 e. The molecule has 1 aliphatic heterocycles. The number of rotatable bonds is 4. The highest BCUT2D eigenvalue weighted by atomic mass is 16.6. The summed E-state index contributed by atoms with van der Waals surface area (Å²) in [5.41, 5.74) is 2.70. The highest BCUT2D eigenvalue weighted by Crippen LogP contribution is 2.34. The average Bonchev–Trinajstić information content (AvgIpc) is 2.56. The van der Waals surface area contributed by atoms with E-state index >= 15 is 0 Å². The summed E-state index contributed by atoms with van der Waals surface area (Å²) in [7, 11) is 0. The van der Waals surface area contributed by atoms with E-state index in [-0.39, 0.29) is 5.91 Å². The van der Waals surface area contributed by atoms with Crippen LogP contribution in [0.5, 0.6) is 11.5 Å². The summed E-state index contributed by atoms with van der Waals surface area (Å²) in [6.07, 6.45) is 0.369. The van der Waals surface area contributed by atoms with E-state index in [1.165, 1.54) is 5.56 Å². The van der Waals surface area contributed by atoms with Crippen molar-refractivity contribution in [2.24, 2.45) is 0 Å². The van der Waals surface area contributed by atoms with Crippen molar-refractivity contribution in [1.82, 2.24) is 5.32 Å². The molecule has 1 N–H and O–H groups in total. The molecule has 2 aromatic rings. The Morgan fingerprint density at radius 2 is 1.71 bits per heavy atom. The van der Waals surface area contributed by atoms with Crippen molar-refractivity contribution < 1.29 is 14.3 Å². The summed E-state index contributed by atoms with van der Waals surface area (Å²) in [6, 6.07) is 13.8. The summed E-state index contributed by atoms with van der Waals surface area (Å²) in [5, 5.41) is 3.11. The van der Waals surface area contributed by atoms with Gasteiger partial charge in [-0.1, -0.05) is 35.9 Å². The van der Waals surface area contributed by atoms with Gasteiger partial charge >= 0.3 is 0 Å². The van der Waals surface area contributed by atoms with Gasteiger partial charge in [0.2, 0.25) is 5.91 Å². The van der Waals surface area contributed by atoms with E-state index in [1.807, 2.05) is 63.2 Å². The van der Waals surface area contributed by atoms with Crippen LogP contribution in [0.1, 0.15) is 30.5 Å². The van der Waals surface area contributed by atoms with Crippen molar-refractivity contribution in [3.05, 3.63) is 59.2 Å². The molecule has 1 aliphatic rings. The topological polar surface area (TPSA) is 47.6 Å². The van der Waals surface area contributed by atoms with Crippen LogP contribution in [0.2, 0.25) is 0 Å². The lowest BCUT2D eigenvalue weighted by Crippen LogP contribution is -2.41. The predicted octanol–water partition coefficient (Wildman–Crippen LogP) is 3.36. The van der Waals surface area contributed by atoms with Gasteiger partial charge in [-0.3, -0.25) is 4.79 Å². The molecule has 0 saturated carbocycles. The first-order valence-electron chi connectivity index (χ1n) is 8.21. The first-order valence-corrected chi connectivity index (χ1v) is 8.21. The van der Waals surface area contributed by atoms with Crippen molar-refractivity contribution in [3.8, 4) is 11.5 Å². The van der Waals surface area contributed by atoms with Crippen LogP contribution < -0.4 is 14.8 Å². The Bertz CT molecular complexity index is 735. The number of fused-ring (bicyclic) bond motifs is 1. The molecule has 0 radical (unpaired) electrons. The van der Waals surface area contributed by atoms with E-state index in [2.05, 4.69) is 5.32 Å². The summed E-state index contributed by atoms with van der Waals surface area (Å²) in [6.45, 7) is 7.14. The molecule has 0 aromatic heterocycles. The second kappa shape index (κ2) is 6.56. The van der Waals surface area contributed by atoms with Crippen LogP contribution >= 0.6 is 0 Å². The first kappa shape index (κ1) is 16.4. The third-order valence-corrected chi connectivity index (χ3v) is 4.20. The number of amides is 1. The number of hydrogen-bond donors (Lipinski definition) is 1. The van der Waals surface area contributed by atoms with E-state index in [4.69, 9.17) is 9.47 Å². The minimum atomic E-state index is -0.488. The number of aryl methyl sites for hydroxylation is 1. The molecular weight excluding hydrogens is 302 g/mol. The van der Waals surface area contributed by atoms with Gasteiger partial charge in [-0.2, -0.15) is 0 Å². The van der Waals surface area contributed by atoms with Gasteiger partial charge in [0, 0.05) is 0 Å². The highest BCUT2D eigenvalue weighted by molar-refractivity contribution is 5.79. The normalized spacial score (nSPS) is 13.5. The molecule has 126 valence electrons. The standard InChI is InChI=1S/C20H23NO3/c1-14-4-6-15(7-5-14)12-19(22)21-20(2,3)16-8-9-17-18(13-16)24-11-10-23-17/h4-9,13H,10-12H2,1-3H3,(H,21,22). The fourth-order valence-electron chi connectivity index (χ4n) is 2.79. The van der Waals surface area contributed by atoms with Crippen molar-refractivity contribution in [1.29, 1.82) is 0 Å². The van der Waals surface area contributed by atoms with Gasteiger partial charge < -0.3 is 14.8 Å². The van der Waals surface area contributed by atoms with Crippen LogP contribution in [0.3, 0.4) is 0 Å². The Morgan fingerprint density at radius 3 is 2.42 bits per heavy atom. The van der Waals surface area contributed by atoms with Crippen LogP contribution in [0, 0.1) is 6.92 Å². The second-order valence-corrected chi connectivity index (χ2v) is 6.69. The fourth-order valence-corrected chi connectivity index (χ4v) is 2.79. The van der Waals surface area contributed by atoms with Crippen LogP contribution in [0.15, 0.2) is 42.5 Å². The molecule has 0 saturated heterocycles. The van der Waals surface area contributed by atoms with Gasteiger partial charge in [0.15, 0.2) is 11.5 Å². The Kier molecular flexibility index (Phi) is 4.47. The van der Waals surface area contributed by atoms with E-state index in [9.17, 15) is 4.79 Å². The van der Waals surface area contributed by atoms with Crippen LogP contribution in [-0.2, 0) is 16.8 Å². The minimum absolute atomic E-state index is 0.00116. The third kappa shape index (κ3) is 3.70. The Labute approximate surface area is 142 Å². The molecule has 0 bridgehead atoms. The maximum absolute atomic E-state index is 12.4. The number of hydrogen-bond acceptors (Lipinski definition) is 3. The number of benzene rings is 2. The van der Waals surface area contributed by atoms with Gasteiger partial charge in [0.1, 0.15) is 13.2 Å². The van der Waals surface area contributed by atoms with Crippen LogP contribution in [-0.4, -0.2) is 19.1 Å². The molecule has 0 unspecified atom stereocenters. The van der Waals surface area contributed by atoms with Crippen LogP contribution in [0.25, 0.3) is 0 Å². The van der Waals surface area contributed by atoms with Crippen molar-refractivity contribution in [2.45, 2.75) is 32.7 Å². The van der Waals surface area contributed by atoms with Crippen molar-refractivity contribution in [2.75, 3.05) is 13.2 Å². The SMILES string of the molecule is Cc1ccc(CC(=O)NC(C)(C)c2ccc3c(c2)OCCO3)cc1. The number of ether oxygens (including phenoxy) is 2. The lowest BCUT2D eigenvalue weighted by atomic mass is 9.93. The smallest absolute Gasteiger partial charge is 0.225 e. The number of nitrogens with one attached hydrogen (secondary N) is 1. The zero-order valence-corrected chi connectivity index (χ0v) is 14.4. The van der Waals surface area contributed by atoms with E-state index < -0.39 is 5.54 Å². The molecule has 0 fully saturated rings. The Morgan fingerprint density at radius 1 is 1.04 bits per heavy atom. The predicted molar refractivity (Wildman–Crippen MR) is 93.5 cm³/mol. The Balaban J connectivity index is 1.70. The summed E-state index contributed by atoms with van der Waals surface area (Å²) >= 11 is 0. The van der Waals surface area contributed by atoms with Gasteiger partial charge in [0.05, 0.1) is 12.0 Å². The highest BCUT2D eigenvalue weighted by Gasteiger charge is 2.25. The van der Waals surface area contributed by atoms with Gasteiger partial charge in [-0.05, 0) is 44.0 Å². The first-order chi connectivity index (χ1) is 11.4. The monoisotopic (exact) mass is 325 g/mol. The largest absolute Gasteiger partial charge is 0.486 e. The summed E-state index contributed by atoms with van der Waals surface area (Å²) < 4.78 is 11.2. The van der Waals surface area contributed by atoms with Crippen molar-refractivity contribution >= 4 is 5.91 Å². The fraction of sp³-hybridized carbons (Fsp3) is 0.350. The number of carbonyl (C=O) groups is 1. The third-order valence-electron chi connectivity index (χ3n) is 4.20. The molecule has 0 aliphatic carbocycles. The summed E-state index contributed by atoms with van der Waals surface area (Å²) in [4.78, 5) is 12.4. The van der Waals surface area contributed by atoms with E-state index in [0.717, 1.165) is 22.6 Å². The van der Waals surface area contributed by atoms with Gasteiger partial charge in [0.25, 0.3) is 0 Å². The van der Waals surface area contributed by atoms with Gasteiger partial charge in [-0.15, -0.1) is 0 Å². The molecule has 2 aromatic carbocycles. The lowest BCUT2D eigenvalue weighted by Gasteiger charge is -2.29. The molecule has 0 spiro atoms. The molecule has 4 nitrogen and oxygen atoms in total. The quantitative estimate of drug-likeness (QED) is 0.937.